The Morgan fingerprint density at radius 1 is 1.35 bits per heavy atom. The molecular formula is C12H9N3O2. The van der Waals surface area contributed by atoms with Crippen LogP contribution in [0.3, 0.4) is 0 Å². The summed E-state index contributed by atoms with van der Waals surface area (Å²) in [6, 6.07) is 9.88. The number of hydrogen-bond acceptors (Lipinski definition) is 3. The van der Waals surface area contributed by atoms with Gasteiger partial charge in [0, 0.05) is 6.07 Å². The van der Waals surface area contributed by atoms with Crippen molar-refractivity contribution in [1.82, 2.24) is 4.57 Å². The van der Waals surface area contributed by atoms with Gasteiger partial charge in [-0.3, -0.25) is 14.2 Å². The molecule has 2 rings (SSSR count). The molecule has 0 unspecified atom stereocenters. The third kappa shape index (κ3) is 2.01. The van der Waals surface area contributed by atoms with E-state index >= 15 is 0 Å². The summed E-state index contributed by atoms with van der Waals surface area (Å²) in [7, 11) is 0. The highest BCUT2D eigenvalue weighted by atomic mass is 16.2. The van der Waals surface area contributed by atoms with Crippen LogP contribution in [0.25, 0.3) is 10.9 Å². The van der Waals surface area contributed by atoms with Gasteiger partial charge in [0.1, 0.15) is 6.54 Å². The number of aromatic nitrogens is 1. The number of carbonyl (C=O) groups excluding carboxylic acids is 1. The summed E-state index contributed by atoms with van der Waals surface area (Å²) in [6.07, 6.45) is 0. The van der Waals surface area contributed by atoms with Gasteiger partial charge in [-0.1, -0.05) is 0 Å². The molecule has 2 aromatic rings. The normalized spacial score (nSPS) is 10.1. The zero-order chi connectivity index (χ0) is 12.4. The average molecular weight is 227 g/mol. The lowest BCUT2D eigenvalue weighted by Crippen LogP contribution is -2.27. The summed E-state index contributed by atoms with van der Waals surface area (Å²) in [4.78, 5) is 22.5. The van der Waals surface area contributed by atoms with E-state index in [0.29, 0.717) is 11.1 Å². The Morgan fingerprint density at radius 3 is 2.76 bits per heavy atom. The van der Waals surface area contributed by atoms with Crippen molar-refractivity contribution in [3.05, 3.63) is 46.2 Å². The Labute approximate surface area is 96.7 Å². The molecule has 0 aliphatic heterocycles. The maximum Gasteiger partial charge on any atom is 0.251 e. The van der Waals surface area contributed by atoms with E-state index in [2.05, 4.69) is 0 Å². The number of nitrogens with zero attached hydrogens (tertiary/aromatic N) is 2. The van der Waals surface area contributed by atoms with Crippen LogP contribution in [0.2, 0.25) is 0 Å². The van der Waals surface area contributed by atoms with Crippen molar-refractivity contribution in [2.75, 3.05) is 0 Å². The van der Waals surface area contributed by atoms with Crippen LogP contribution < -0.4 is 11.3 Å². The van der Waals surface area contributed by atoms with Crippen LogP contribution >= 0.6 is 0 Å². The fraction of sp³-hybridized carbons (Fsp3) is 0.0833. The molecule has 1 amide bonds. The molecule has 5 nitrogen and oxygen atoms in total. The fourth-order valence-corrected chi connectivity index (χ4v) is 1.69. The molecule has 1 aromatic carbocycles. The first-order chi connectivity index (χ1) is 8.11. The van der Waals surface area contributed by atoms with Gasteiger partial charge in [-0.25, -0.2) is 0 Å². The highest BCUT2D eigenvalue weighted by molar-refractivity contribution is 5.82. The quantitative estimate of drug-likeness (QED) is 0.803. The minimum absolute atomic E-state index is 0.165. The number of primary amides is 1. The van der Waals surface area contributed by atoms with E-state index in [1.807, 2.05) is 6.07 Å². The predicted molar refractivity (Wildman–Crippen MR) is 62.1 cm³/mol. The Balaban J connectivity index is 2.74. The molecule has 84 valence electrons. The molecule has 2 N–H and O–H groups in total. The van der Waals surface area contributed by atoms with Crippen LogP contribution in [0.15, 0.2) is 35.1 Å². The summed E-state index contributed by atoms with van der Waals surface area (Å²) < 4.78 is 1.29. The Hall–Kier alpha value is -2.61. The van der Waals surface area contributed by atoms with Crippen molar-refractivity contribution in [1.29, 1.82) is 5.26 Å². The molecule has 1 heterocycles. The molecule has 0 aliphatic rings. The van der Waals surface area contributed by atoms with Crippen molar-refractivity contribution >= 4 is 16.8 Å². The maximum atomic E-state index is 11.6. The number of hydrogen-bond donors (Lipinski definition) is 1. The van der Waals surface area contributed by atoms with Crippen LogP contribution in [-0.4, -0.2) is 10.5 Å². The van der Waals surface area contributed by atoms with Gasteiger partial charge in [0.2, 0.25) is 5.91 Å². The lowest BCUT2D eigenvalue weighted by atomic mass is 10.1. The summed E-state index contributed by atoms with van der Waals surface area (Å²) in [5.41, 5.74) is 5.89. The lowest BCUT2D eigenvalue weighted by molar-refractivity contribution is -0.118. The highest BCUT2D eigenvalue weighted by Gasteiger charge is 2.06. The van der Waals surface area contributed by atoms with Crippen LogP contribution in [0, 0.1) is 11.3 Å². The lowest BCUT2D eigenvalue weighted by Gasteiger charge is -2.07. The first-order valence-corrected chi connectivity index (χ1v) is 4.94. The molecule has 0 spiro atoms. The number of fused-ring (bicyclic) bond motifs is 1. The van der Waals surface area contributed by atoms with E-state index in [-0.39, 0.29) is 12.1 Å². The maximum absolute atomic E-state index is 11.6. The van der Waals surface area contributed by atoms with E-state index in [9.17, 15) is 9.59 Å². The zero-order valence-electron chi connectivity index (χ0n) is 8.88. The molecule has 1 aromatic heterocycles. The first-order valence-electron chi connectivity index (χ1n) is 4.94. The standard InChI is InChI=1S/C12H9N3O2/c13-6-8-1-3-10-9(5-8)2-4-12(17)15(10)7-11(14)16/h1-5H,7H2,(H2,14,16). The smallest absolute Gasteiger partial charge is 0.251 e. The van der Waals surface area contributed by atoms with E-state index in [1.165, 1.54) is 10.6 Å². The van der Waals surface area contributed by atoms with Gasteiger partial charge in [0.15, 0.2) is 0 Å². The van der Waals surface area contributed by atoms with Crippen molar-refractivity contribution < 1.29 is 4.79 Å². The van der Waals surface area contributed by atoms with Crippen LogP contribution in [0.5, 0.6) is 0 Å². The number of benzene rings is 1. The molecular weight excluding hydrogens is 218 g/mol. The van der Waals surface area contributed by atoms with E-state index in [4.69, 9.17) is 11.0 Å². The van der Waals surface area contributed by atoms with Gasteiger partial charge in [0.25, 0.3) is 5.56 Å². The fourth-order valence-electron chi connectivity index (χ4n) is 1.69. The molecule has 5 heteroatoms. The van der Waals surface area contributed by atoms with Crippen LogP contribution in [0.4, 0.5) is 0 Å². The summed E-state index contributed by atoms with van der Waals surface area (Å²) in [6.45, 7) is -0.165. The van der Waals surface area contributed by atoms with Crippen molar-refractivity contribution in [3.63, 3.8) is 0 Å². The Bertz CT molecular complexity index is 695. The van der Waals surface area contributed by atoms with Gasteiger partial charge in [-0.15, -0.1) is 0 Å². The molecule has 0 atom stereocenters. The zero-order valence-corrected chi connectivity index (χ0v) is 8.88. The van der Waals surface area contributed by atoms with Crippen LogP contribution in [0.1, 0.15) is 5.56 Å². The number of pyridine rings is 1. The van der Waals surface area contributed by atoms with Gasteiger partial charge in [-0.2, -0.15) is 5.26 Å². The second-order valence-electron chi connectivity index (χ2n) is 3.61. The van der Waals surface area contributed by atoms with E-state index in [0.717, 1.165) is 5.39 Å². The number of carbonyl (C=O) groups is 1. The van der Waals surface area contributed by atoms with Gasteiger partial charge >= 0.3 is 0 Å². The monoisotopic (exact) mass is 227 g/mol. The van der Waals surface area contributed by atoms with Gasteiger partial charge in [-0.05, 0) is 29.7 Å². The molecule has 0 saturated carbocycles. The Kier molecular flexibility index (Phi) is 2.63. The largest absolute Gasteiger partial charge is 0.368 e. The van der Waals surface area contributed by atoms with Gasteiger partial charge in [0.05, 0.1) is 17.1 Å². The summed E-state index contributed by atoms with van der Waals surface area (Å²) in [5.74, 6) is -0.580. The molecule has 0 radical (unpaired) electrons. The third-order valence-corrected chi connectivity index (χ3v) is 2.43. The van der Waals surface area contributed by atoms with Gasteiger partial charge < -0.3 is 5.73 Å². The molecule has 0 fully saturated rings. The molecule has 0 saturated heterocycles. The minimum atomic E-state index is -0.580. The average Bonchev–Trinajstić information content (AvgIpc) is 2.32. The molecule has 0 bridgehead atoms. The van der Waals surface area contributed by atoms with Crippen molar-refractivity contribution in [2.24, 2.45) is 5.73 Å². The second-order valence-corrected chi connectivity index (χ2v) is 3.61. The molecule has 17 heavy (non-hydrogen) atoms. The molecule has 0 aliphatic carbocycles. The summed E-state index contributed by atoms with van der Waals surface area (Å²) >= 11 is 0. The number of nitriles is 1. The first kappa shape index (κ1) is 10.9. The number of nitrogens with two attached hydrogens (primary N) is 1. The highest BCUT2D eigenvalue weighted by Crippen LogP contribution is 2.13. The van der Waals surface area contributed by atoms with E-state index < -0.39 is 5.91 Å². The van der Waals surface area contributed by atoms with Crippen LogP contribution in [-0.2, 0) is 11.3 Å². The second kappa shape index (κ2) is 4.10. The Morgan fingerprint density at radius 2 is 2.12 bits per heavy atom. The third-order valence-electron chi connectivity index (χ3n) is 2.43. The van der Waals surface area contributed by atoms with Crippen molar-refractivity contribution in [2.45, 2.75) is 6.54 Å². The topological polar surface area (TPSA) is 88.9 Å². The number of rotatable bonds is 2. The minimum Gasteiger partial charge on any atom is -0.368 e. The number of amides is 1. The van der Waals surface area contributed by atoms with E-state index in [1.54, 1.807) is 24.3 Å². The predicted octanol–water partition coefficient (Wildman–Crippen LogP) is 0.358. The SMILES string of the molecule is N#Cc1ccc2c(ccc(=O)n2CC(N)=O)c1. The summed E-state index contributed by atoms with van der Waals surface area (Å²) in [5, 5.41) is 9.50. The van der Waals surface area contributed by atoms with Crippen molar-refractivity contribution in [3.8, 4) is 6.07 Å².